The molecule has 2 aromatic carbocycles. The van der Waals surface area contributed by atoms with E-state index in [4.69, 9.17) is 9.47 Å². The Labute approximate surface area is 176 Å². The molecule has 3 rings (SSSR count). The average molecular weight is 460 g/mol. The Hall–Kier alpha value is -3.00. The van der Waals surface area contributed by atoms with Gasteiger partial charge in [0.1, 0.15) is 5.69 Å². The van der Waals surface area contributed by atoms with Crippen molar-refractivity contribution < 1.29 is 19.1 Å². The van der Waals surface area contributed by atoms with E-state index < -0.39 is 0 Å². The topological polar surface area (TPSA) is 92.5 Å². The van der Waals surface area contributed by atoms with Crippen molar-refractivity contribution in [2.45, 2.75) is 13.5 Å². The van der Waals surface area contributed by atoms with Gasteiger partial charge in [-0.1, -0.05) is 28.1 Å². The third-order valence-corrected chi connectivity index (χ3v) is 4.74. The Bertz CT molecular complexity index is 1030. The number of nitrogens with one attached hydrogen (secondary N) is 3. The number of H-pyrrole nitrogens is 1. The highest BCUT2D eigenvalue weighted by Crippen LogP contribution is 2.28. The molecule has 3 N–H and O–H groups in total. The average Bonchev–Trinajstić information content (AvgIpc) is 3.14. The van der Waals surface area contributed by atoms with Crippen molar-refractivity contribution in [2.75, 3.05) is 20.3 Å². The minimum atomic E-state index is -0.201. The Morgan fingerprint density at radius 2 is 1.90 bits per heavy atom. The van der Waals surface area contributed by atoms with Crippen molar-refractivity contribution in [2.24, 2.45) is 0 Å². The van der Waals surface area contributed by atoms with Gasteiger partial charge in [0.2, 0.25) is 0 Å². The van der Waals surface area contributed by atoms with E-state index in [1.165, 1.54) is 7.11 Å². The zero-order chi connectivity index (χ0) is 20.8. The fourth-order valence-corrected chi connectivity index (χ4v) is 3.19. The SMILES string of the molecule is CCNC(=O)COc1ccc(CNC(=O)c2cc3ccc(Br)cc3[nH]2)cc1OC. The fourth-order valence-electron chi connectivity index (χ4n) is 2.83. The van der Waals surface area contributed by atoms with E-state index in [9.17, 15) is 9.59 Å². The molecule has 0 saturated carbocycles. The summed E-state index contributed by atoms with van der Waals surface area (Å²) in [7, 11) is 1.53. The highest BCUT2D eigenvalue weighted by atomic mass is 79.9. The summed E-state index contributed by atoms with van der Waals surface area (Å²) in [5, 5.41) is 6.52. The molecule has 0 spiro atoms. The molecule has 0 aliphatic heterocycles. The predicted octanol–water partition coefficient (Wildman–Crippen LogP) is 3.38. The molecule has 0 aliphatic rings. The molecule has 0 bridgehead atoms. The van der Waals surface area contributed by atoms with Crippen molar-refractivity contribution >= 4 is 38.6 Å². The van der Waals surface area contributed by atoms with Crippen molar-refractivity contribution in [1.82, 2.24) is 15.6 Å². The number of likely N-dealkylation sites (N-methyl/N-ethyl adjacent to an activating group) is 1. The summed E-state index contributed by atoms with van der Waals surface area (Å²) < 4.78 is 11.8. The number of aromatic amines is 1. The van der Waals surface area contributed by atoms with Crippen LogP contribution in [-0.2, 0) is 11.3 Å². The van der Waals surface area contributed by atoms with Crippen LogP contribution < -0.4 is 20.1 Å². The van der Waals surface area contributed by atoms with Gasteiger partial charge in [-0.25, -0.2) is 0 Å². The number of fused-ring (bicyclic) bond motifs is 1. The quantitative estimate of drug-likeness (QED) is 0.481. The van der Waals surface area contributed by atoms with E-state index in [2.05, 4.69) is 31.5 Å². The first-order chi connectivity index (χ1) is 14.0. The Morgan fingerprint density at radius 1 is 1.07 bits per heavy atom. The van der Waals surface area contributed by atoms with Gasteiger partial charge in [-0.15, -0.1) is 0 Å². The van der Waals surface area contributed by atoms with Crippen LogP contribution in [0.1, 0.15) is 23.0 Å². The molecule has 152 valence electrons. The first-order valence-electron chi connectivity index (χ1n) is 9.13. The lowest BCUT2D eigenvalue weighted by Crippen LogP contribution is -2.28. The molecular weight excluding hydrogens is 438 g/mol. The second kappa shape index (κ2) is 9.47. The number of hydrogen-bond donors (Lipinski definition) is 3. The number of methoxy groups -OCH3 is 1. The van der Waals surface area contributed by atoms with E-state index in [-0.39, 0.29) is 18.4 Å². The maximum absolute atomic E-state index is 12.5. The molecule has 0 unspecified atom stereocenters. The van der Waals surface area contributed by atoms with Gasteiger partial charge in [-0.05, 0) is 42.8 Å². The first kappa shape index (κ1) is 20.7. The summed E-state index contributed by atoms with van der Waals surface area (Å²) in [6, 6.07) is 12.9. The highest BCUT2D eigenvalue weighted by Gasteiger charge is 2.12. The predicted molar refractivity (Wildman–Crippen MR) is 114 cm³/mol. The number of halogens is 1. The molecule has 7 nitrogen and oxygen atoms in total. The van der Waals surface area contributed by atoms with Gasteiger partial charge < -0.3 is 25.1 Å². The van der Waals surface area contributed by atoms with Gasteiger partial charge in [0, 0.05) is 28.5 Å². The van der Waals surface area contributed by atoms with Crippen molar-refractivity contribution in [1.29, 1.82) is 0 Å². The number of amides is 2. The molecule has 0 radical (unpaired) electrons. The van der Waals surface area contributed by atoms with Crippen LogP contribution >= 0.6 is 15.9 Å². The minimum absolute atomic E-state index is 0.0865. The normalized spacial score (nSPS) is 10.6. The van der Waals surface area contributed by atoms with Crippen molar-refractivity contribution in [3.63, 3.8) is 0 Å². The van der Waals surface area contributed by atoms with Crippen LogP contribution in [0.5, 0.6) is 11.5 Å². The van der Waals surface area contributed by atoms with Crippen LogP contribution in [0.3, 0.4) is 0 Å². The summed E-state index contributed by atoms with van der Waals surface area (Å²) in [6.45, 7) is 2.63. The molecule has 0 fully saturated rings. The van der Waals surface area contributed by atoms with Crippen LogP contribution in [0.2, 0.25) is 0 Å². The first-order valence-corrected chi connectivity index (χ1v) is 9.92. The Kier molecular flexibility index (Phi) is 6.77. The third-order valence-electron chi connectivity index (χ3n) is 4.24. The Balaban J connectivity index is 1.63. The number of ether oxygens (including phenoxy) is 2. The van der Waals surface area contributed by atoms with Crippen molar-refractivity contribution in [3.05, 3.63) is 58.2 Å². The molecule has 0 aliphatic carbocycles. The smallest absolute Gasteiger partial charge is 0.267 e. The number of benzene rings is 2. The molecule has 3 aromatic rings. The standard InChI is InChI=1S/C21H22BrN3O4/c1-3-23-20(26)12-29-18-7-4-13(8-19(18)28-2)11-24-21(27)17-9-14-5-6-15(22)10-16(14)25-17/h4-10,25H,3,11-12H2,1-2H3,(H,23,26)(H,24,27). The number of aromatic nitrogens is 1. The third kappa shape index (κ3) is 5.29. The second-order valence-electron chi connectivity index (χ2n) is 6.32. The van der Waals surface area contributed by atoms with Gasteiger partial charge in [-0.3, -0.25) is 9.59 Å². The molecule has 1 heterocycles. The van der Waals surface area contributed by atoms with E-state index in [1.807, 2.05) is 37.3 Å². The van der Waals surface area contributed by atoms with Crippen LogP contribution in [0.15, 0.2) is 46.9 Å². The van der Waals surface area contributed by atoms with Gasteiger partial charge in [0.15, 0.2) is 18.1 Å². The summed E-state index contributed by atoms with van der Waals surface area (Å²) in [6.07, 6.45) is 0. The summed E-state index contributed by atoms with van der Waals surface area (Å²) in [4.78, 5) is 27.1. The lowest BCUT2D eigenvalue weighted by Gasteiger charge is -2.12. The van der Waals surface area contributed by atoms with Gasteiger partial charge >= 0.3 is 0 Å². The molecular formula is C21H22BrN3O4. The molecule has 29 heavy (non-hydrogen) atoms. The molecule has 8 heteroatoms. The minimum Gasteiger partial charge on any atom is -0.493 e. The van der Waals surface area contributed by atoms with Gasteiger partial charge in [0.25, 0.3) is 11.8 Å². The zero-order valence-electron chi connectivity index (χ0n) is 16.2. The maximum atomic E-state index is 12.5. The number of hydrogen-bond acceptors (Lipinski definition) is 4. The molecule has 1 aromatic heterocycles. The van der Waals surface area contributed by atoms with Crippen molar-refractivity contribution in [3.8, 4) is 11.5 Å². The van der Waals surface area contributed by atoms with E-state index in [0.717, 1.165) is 20.9 Å². The monoisotopic (exact) mass is 459 g/mol. The summed E-state index contributed by atoms with van der Waals surface area (Å²) in [5.41, 5.74) is 2.23. The van der Waals surface area contributed by atoms with E-state index in [1.54, 1.807) is 12.1 Å². The lowest BCUT2D eigenvalue weighted by atomic mass is 10.2. The highest BCUT2D eigenvalue weighted by molar-refractivity contribution is 9.10. The van der Waals surface area contributed by atoms with Crippen LogP contribution in [0.25, 0.3) is 10.9 Å². The fraction of sp³-hybridized carbons (Fsp3) is 0.238. The number of carbonyl (C=O) groups is 2. The second-order valence-corrected chi connectivity index (χ2v) is 7.24. The zero-order valence-corrected chi connectivity index (χ0v) is 17.8. The van der Waals surface area contributed by atoms with E-state index >= 15 is 0 Å². The molecule has 2 amide bonds. The maximum Gasteiger partial charge on any atom is 0.267 e. The van der Waals surface area contributed by atoms with Crippen LogP contribution in [-0.4, -0.2) is 37.1 Å². The largest absolute Gasteiger partial charge is 0.493 e. The van der Waals surface area contributed by atoms with Gasteiger partial charge in [0.05, 0.1) is 7.11 Å². The van der Waals surface area contributed by atoms with E-state index in [0.29, 0.717) is 30.3 Å². The van der Waals surface area contributed by atoms with Crippen LogP contribution in [0, 0.1) is 0 Å². The van der Waals surface area contributed by atoms with Gasteiger partial charge in [-0.2, -0.15) is 0 Å². The summed E-state index contributed by atoms with van der Waals surface area (Å²) >= 11 is 3.42. The number of carbonyl (C=O) groups excluding carboxylic acids is 2. The molecule has 0 saturated heterocycles. The number of rotatable bonds is 8. The lowest BCUT2D eigenvalue weighted by molar-refractivity contribution is -0.123. The summed E-state index contributed by atoms with van der Waals surface area (Å²) in [5.74, 6) is 0.565. The molecule has 0 atom stereocenters. The van der Waals surface area contributed by atoms with Crippen LogP contribution in [0.4, 0.5) is 0 Å². The Morgan fingerprint density at radius 3 is 2.66 bits per heavy atom.